The zero-order valence-corrected chi connectivity index (χ0v) is 8.86. The maximum Gasteiger partial charge on any atom is 0.0925 e. The van der Waals surface area contributed by atoms with Crippen molar-refractivity contribution in [3.8, 4) is 0 Å². The van der Waals surface area contributed by atoms with Crippen molar-refractivity contribution in [3.63, 3.8) is 0 Å². The number of hydrogen-bond acceptors (Lipinski definition) is 3. The number of thiazole rings is 1. The van der Waals surface area contributed by atoms with Gasteiger partial charge in [0.1, 0.15) is 0 Å². The molecule has 0 bridgehead atoms. The van der Waals surface area contributed by atoms with Gasteiger partial charge in [0.15, 0.2) is 0 Å². The molecule has 0 atom stereocenters. The molecule has 3 heteroatoms. The summed E-state index contributed by atoms with van der Waals surface area (Å²) in [7, 11) is 0. The number of aromatic nitrogens is 1. The molecular formula is C10H16N2S. The van der Waals surface area contributed by atoms with Gasteiger partial charge < -0.3 is 5.32 Å². The van der Waals surface area contributed by atoms with Crippen molar-refractivity contribution in [1.29, 1.82) is 0 Å². The topological polar surface area (TPSA) is 24.9 Å². The average molecular weight is 196 g/mol. The van der Waals surface area contributed by atoms with Crippen LogP contribution in [0.25, 0.3) is 0 Å². The van der Waals surface area contributed by atoms with Crippen LogP contribution in [0.2, 0.25) is 0 Å². The Kier molecular flexibility index (Phi) is 2.96. The number of hydrogen-bond donors (Lipinski definition) is 1. The summed E-state index contributed by atoms with van der Waals surface area (Å²) in [4.78, 5) is 5.71. The molecule has 72 valence electrons. The molecule has 1 N–H and O–H groups in total. The maximum atomic E-state index is 4.33. The normalized spacial score (nSPS) is 17.3. The minimum absolute atomic E-state index is 0.784. The van der Waals surface area contributed by atoms with Gasteiger partial charge in [-0.3, -0.25) is 0 Å². The van der Waals surface area contributed by atoms with Gasteiger partial charge in [-0.15, -0.1) is 11.3 Å². The molecular weight excluding hydrogens is 180 g/mol. The van der Waals surface area contributed by atoms with Crippen LogP contribution < -0.4 is 5.32 Å². The summed E-state index contributed by atoms with van der Waals surface area (Å²) >= 11 is 1.84. The van der Waals surface area contributed by atoms with E-state index in [1.54, 1.807) is 0 Å². The highest BCUT2D eigenvalue weighted by Gasteiger charge is 2.16. The third-order valence-corrected chi connectivity index (χ3v) is 3.72. The van der Waals surface area contributed by atoms with Crippen LogP contribution in [-0.4, -0.2) is 11.0 Å². The Bertz CT molecular complexity index is 266. The fourth-order valence-corrected chi connectivity index (χ4v) is 2.26. The highest BCUT2D eigenvalue weighted by atomic mass is 32.1. The molecule has 0 amide bonds. The quantitative estimate of drug-likeness (QED) is 0.799. The van der Waals surface area contributed by atoms with E-state index in [1.165, 1.54) is 29.1 Å². The number of nitrogens with zero attached hydrogens (tertiary/aromatic N) is 1. The predicted octanol–water partition coefficient (Wildman–Crippen LogP) is 2.35. The fourth-order valence-electron chi connectivity index (χ4n) is 1.45. The van der Waals surface area contributed by atoms with Gasteiger partial charge in [-0.1, -0.05) is 13.3 Å². The summed E-state index contributed by atoms with van der Waals surface area (Å²) in [6.45, 7) is 3.17. The second-order valence-electron chi connectivity index (χ2n) is 3.58. The van der Waals surface area contributed by atoms with Crippen LogP contribution in [0.4, 0.5) is 0 Å². The average Bonchev–Trinajstić information content (AvgIpc) is 2.49. The monoisotopic (exact) mass is 196 g/mol. The molecule has 0 aromatic carbocycles. The third kappa shape index (κ3) is 2.29. The molecule has 0 aliphatic heterocycles. The molecule has 1 aliphatic rings. The Morgan fingerprint density at radius 2 is 2.46 bits per heavy atom. The van der Waals surface area contributed by atoms with Gasteiger partial charge in [0.2, 0.25) is 0 Å². The van der Waals surface area contributed by atoms with Gasteiger partial charge in [0.05, 0.1) is 5.01 Å². The molecule has 2 nitrogen and oxygen atoms in total. The molecule has 1 aromatic rings. The lowest BCUT2D eigenvalue weighted by molar-refractivity contribution is 0.339. The van der Waals surface area contributed by atoms with Crippen LogP contribution in [0.1, 0.15) is 36.1 Å². The summed E-state index contributed by atoms with van der Waals surface area (Å²) in [5.74, 6) is 0. The minimum atomic E-state index is 0.784. The first-order valence-electron chi connectivity index (χ1n) is 5.05. The lowest BCUT2D eigenvalue weighted by atomic mass is 9.93. The molecule has 1 heterocycles. The van der Waals surface area contributed by atoms with E-state index in [9.17, 15) is 0 Å². The SMILES string of the molecule is CCc1ncc(CNC2CCC2)s1. The molecule has 13 heavy (non-hydrogen) atoms. The van der Waals surface area contributed by atoms with Crippen molar-refractivity contribution in [2.24, 2.45) is 0 Å². The van der Waals surface area contributed by atoms with Crippen LogP contribution in [-0.2, 0) is 13.0 Å². The smallest absolute Gasteiger partial charge is 0.0925 e. The second kappa shape index (κ2) is 4.20. The Hall–Kier alpha value is -0.410. The van der Waals surface area contributed by atoms with E-state index < -0.39 is 0 Å². The highest BCUT2D eigenvalue weighted by molar-refractivity contribution is 7.11. The van der Waals surface area contributed by atoms with E-state index in [1.807, 2.05) is 17.5 Å². The molecule has 1 fully saturated rings. The lowest BCUT2D eigenvalue weighted by Crippen LogP contribution is -2.34. The van der Waals surface area contributed by atoms with Crippen molar-refractivity contribution in [1.82, 2.24) is 10.3 Å². The Labute approximate surface area is 83.4 Å². The molecule has 0 radical (unpaired) electrons. The van der Waals surface area contributed by atoms with Crippen LogP contribution >= 0.6 is 11.3 Å². The van der Waals surface area contributed by atoms with E-state index in [4.69, 9.17) is 0 Å². The summed E-state index contributed by atoms with van der Waals surface area (Å²) < 4.78 is 0. The van der Waals surface area contributed by atoms with Gasteiger partial charge >= 0.3 is 0 Å². The lowest BCUT2D eigenvalue weighted by Gasteiger charge is -2.26. The van der Waals surface area contributed by atoms with Crippen molar-refractivity contribution in [2.45, 2.75) is 45.2 Å². The molecule has 0 spiro atoms. The molecule has 2 rings (SSSR count). The molecule has 1 saturated carbocycles. The second-order valence-corrected chi connectivity index (χ2v) is 4.78. The summed E-state index contributed by atoms with van der Waals surface area (Å²) in [5.41, 5.74) is 0. The van der Waals surface area contributed by atoms with Crippen molar-refractivity contribution < 1.29 is 0 Å². The first-order chi connectivity index (χ1) is 6.38. The standard InChI is InChI=1S/C10H16N2S/c1-2-10-12-7-9(13-10)6-11-8-4-3-5-8/h7-8,11H,2-6H2,1H3. The molecule has 1 aromatic heterocycles. The minimum Gasteiger partial charge on any atom is -0.309 e. The molecule has 0 unspecified atom stereocenters. The van der Waals surface area contributed by atoms with Crippen LogP contribution in [0.15, 0.2) is 6.20 Å². The maximum absolute atomic E-state index is 4.33. The van der Waals surface area contributed by atoms with E-state index in [2.05, 4.69) is 17.2 Å². The third-order valence-electron chi connectivity index (χ3n) is 2.57. The number of aryl methyl sites for hydroxylation is 1. The van der Waals surface area contributed by atoms with Crippen molar-refractivity contribution >= 4 is 11.3 Å². The fraction of sp³-hybridized carbons (Fsp3) is 0.700. The highest BCUT2D eigenvalue weighted by Crippen LogP contribution is 2.19. The zero-order valence-electron chi connectivity index (χ0n) is 8.05. The van der Waals surface area contributed by atoms with Crippen molar-refractivity contribution in [3.05, 3.63) is 16.1 Å². The van der Waals surface area contributed by atoms with Crippen molar-refractivity contribution in [2.75, 3.05) is 0 Å². The van der Waals surface area contributed by atoms with Gasteiger partial charge in [0.25, 0.3) is 0 Å². The summed E-state index contributed by atoms with van der Waals surface area (Å²) in [6.07, 6.45) is 7.20. The van der Waals surface area contributed by atoms with Crippen LogP contribution in [0.3, 0.4) is 0 Å². The predicted molar refractivity (Wildman–Crippen MR) is 56.0 cm³/mol. The zero-order chi connectivity index (χ0) is 9.10. The largest absolute Gasteiger partial charge is 0.309 e. The first-order valence-corrected chi connectivity index (χ1v) is 5.87. The number of nitrogens with one attached hydrogen (secondary N) is 1. The summed E-state index contributed by atoms with van der Waals surface area (Å²) in [6, 6.07) is 0.784. The van der Waals surface area contributed by atoms with E-state index >= 15 is 0 Å². The van der Waals surface area contributed by atoms with Crippen LogP contribution in [0, 0.1) is 0 Å². The van der Waals surface area contributed by atoms with E-state index in [0.717, 1.165) is 19.0 Å². The van der Waals surface area contributed by atoms with Crippen LogP contribution in [0.5, 0.6) is 0 Å². The molecule has 1 aliphatic carbocycles. The first kappa shape index (κ1) is 9.16. The van der Waals surface area contributed by atoms with Gasteiger partial charge in [-0.2, -0.15) is 0 Å². The Balaban J connectivity index is 1.79. The van der Waals surface area contributed by atoms with Gasteiger partial charge in [0, 0.05) is 23.7 Å². The number of rotatable bonds is 4. The van der Waals surface area contributed by atoms with Gasteiger partial charge in [-0.25, -0.2) is 4.98 Å². The summed E-state index contributed by atoms with van der Waals surface area (Å²) in [5, 5.41) is 4.80. The molecule has 0 saturated heterocycles. The van der Waals surface area contributed by atoms with Gasteiger partial charge in [-0.05, 0) is 19.3 Å². The van der Waals surface area contributed by atoms with E-state index in [-0.39, 0.29) is 0 Å². The Morgan fingerprint density at radius 3 is 3.00 bits per heavy atom. The Morgan fingerprint density at radius 1 is 1.62 bits per heavy atom. The van der Waals surface area contributed by atoms with E-state index in [0.29, 0.717) is 0 Å².